The molecule has 0 bridgehead atoms. The van der Waals surface area contributed by atoms with Gasteiger partial charge in [-0.05, 0) is 19.4 Å². The second-order valence-corrected chi connectivity index (χ2v) is 4.34. The number of nitro groups is 1. The van der Waals surface area contributed by atoms with E-state index in [9.17, 15) is 10.1 Å². The number of hydrogen-bond acceptors (Lipinski definition) is 5. The third-order valence-electron chi connectivity index (χ3n) is 2.66. The Morgan fingerprint density at radius 3 is 2.78 bits per heavy atom. The van der Waals surface area contributed by atoms with Crippen LogP contribution in [0.4, 0.5) is 5.69 Å². The molecule has 0 fully saturated rings. The van der Waals surface area contributed by atoms with E-state index in [4.69, 9.17) is 15.7 Å². The summed E-state index contributed by atoms with van der Waals surface area (Å²) >= 11 is 0. The van der Waals surface area contributed by atoms with Gasteiger partial charge in [-0.15, -0.1) is 0 Å². The number of nitrogens with zero attached hydrogens (tertiary/aromatic N) is 2. The highest BCUT2D eigenvalue weighted by molar-refractivity contribution is 5.52. The minimum absolute atomic E-state index is 0.0206. The molecule has 0 amide bonds. The molecular weight excluding hydrogens is 234 g/mol. The Kier molecular flexibility index (Phi) is 4.23. The van der Waals surface area contributed by atoms with Crippen LogP contribution in [-0.2, 0) is 0 Å². The maximum Gasteiger partial charge on any atom is 0.287 e. The zero-order chi connectivity index (χ0) is 13.8. The number of nitro benzene ring substituents is 1. The average molecular weight is 249 g/mol. The average Bonchev–Trinajstić information content (AvgIpc) is 2.36. The fourth-order valence-electron chi connectivity index (χ4n) is 1.20. The van der Waals surface area contributed by atoms with Gasteiger partial charge in [0.2, 0.25) is 0 Å². The smallest absolute Gasteiger partial charge is 0.287 e. The predicted molar refractivity (Wildman–Crippen MR) is 66.2 cm³/mol. The Balaban J connectivity index is 2.88. The molecular formula is C12H15N3O3. The molecule has 0 aliphatic rings. The van der Waals surface area contributed by atoms with Crippen molar-refractivity contribution in [2.24, 2.45) is 5.73 Å². The van der Waals surface area contributed by atoms with Crippen molar-refractivity contribution >= 4 is 5.69 Å². The van der Waals surface area contributed by atoms with Gasteiger partial charge in [0, 0.05) is 17.7 Å². The monoisotopic (exact) mass is 249 g/mol. The van der Waals surface area contributed by atoms with Crippen LogP contribution in [0.1, 0.15) is 25.8 Å². The van der Waals surface area contributed by atoms with Crippen molar-refractivity contribution in [2.75, 3.05) is 6.61 Å². The van der Waals surface area contributed by atoms with Crippen molar-refractivity contribution in [1.82, 2.24) is 0 Å². The van der Waals surface area contributed by atoms with E-state index in [1.54, 1.807) is 6.07 Å². The first-order valence-corrected chi connectivity index (χ1v) is 5.50. The molecule has 18 heavy (non-hydrogen) atoms. The second-order valence-electron chi connectivity index (χ2n) is 4.34. The first-order valence-electron chi connectivity index (χ1n) is 5.50. The molecule has 6 nitrogen and oxygen atoms in total. The minimum atomic E-state index is -0.596. The molecule has 0 aromatic heterocycles. The molecule has 0 saturated heterocycles. The molecule has 1 atom stereocenters. The molecule has 0 spiro atoms. The van der Waals surface area contributed by atoms with Crippen LogP contribution in [0.5, 0.6) is 5.75 Å². The van der Waals surface area contributed by atoms with Gasteiger partial charge in [0.15, 0.2) is 0 Å². The molecule has 2 N–H and O–H groups in total. The summed E-state index contributed by atoms with van der Waals surface area (Å²) in [5, 5.41) is 19.5. The van der Waals surface area contributed by atoms with Crippen LogP contribution < -0.4 is 10.5 Å². The summed E-state index contributed by atoms with van der Waals surface area (Å²) in [5.74, 6) is 0.405. The third-order valence-corrected chi connectivity index (χ3v) is 2.66. The Hall–Kier alpha value is -2.13. The Morgan fingerprint density at radius 1 is 1.61 bits per heavy atom. The van der Waals surface area contributed by atoms with E-state index >= 15 is 0 Å². The van der Waals surface area contributed by atoms with Crippen molar-refractivity contribution in [2.45, 2.75) is 25.8 Å². The van der Waals surface area contributed by atoms with Gasteiger partial charge in [-0.25, -0.2) is 0 Å². The summed E-state index contributed by atoms with van der Waals surface area (Å²) in [4.78, 5) is 10.1. The number of rotatable bonds is 5. The summed E-state index contributed by atoms with van der Waals surface area (Å²) < 4.78 is 5.44. The Morgan fingerprint density at radius 2 is 2.28 bits per heavy atom. The number of hydrogen-bond donors (Lipinski definition) is 1. The molecule has 0 heterocycles. The second kappa shape index (κ2) is 5.47. The lowest BCUT2D eigenvalue weighted by molar-refractivity contribution is -0.385. The lowest BCUT2D eigenvalue weighted by Crippen LogP contribution is -2.41. The normalized spacial score (nSPS) is 13.4. The van der Waals surface area contributed by atoms with Crippen LogP contribution in [0, 0.1) is 21.4 Å². The van der Waals surface area contributed by atoms with E-state index < -0.39 is 10.5 Å². The van der Waals surface area contributed by atoms with Gasteiger partial charge in [-0.3, -0.25) is 10.1 Å². The van der Waals surface area contributed by atoms with Crippen LogP contribution in [-0.4, -0.2) is 17.1 Å². The quantitative estimate of drug-likeness (QED) is 0.634. The van der Waals surface area contributed by atoms with E-state index in [1.165, 1.54) is 18.2 Å². The van der Waals surface area contributed by atoms with E-state index in [2.05, 4.69) is 0 Å². The minimum Gasteiger partial charge on any atom is -0.492 e. The number of ether oxygens (including phenoxy) is 1. The van der Waals surface area contributed by atoms with E-state index in [0.29, 0.717) is 5.75 Å². The summed E-state index contributed by atoms with van der Waals surface area (Å²) in [6, 6.07) is 5.85. The summed E-state index contributed by atoms with van der Waals surface area (Å²) in [6.45, 7) is 4.08. The molecule has 1 aromatic rings. The molecule has 0 aliphatic carbocycles. The molecule has 6 heteroatoms. The van der Waals surface area contributed by atoms with Crippen molar-refractivity contribution in [3.63, 3.8) is 0 Å². The van der Waals surface area contributed by atoms with Crippen LogP contribution in [0.25, 0.3) is 0 Å². The zero-order valence-electron chi connectivity index (χ0n) is 10.3. The van der Waals surface area contributed by atoms with Crippen LogP contribution in [0.3, 0.4) is 0 Å². The molecule has 0 saturated carbocycles. The Labute approximate surface area is 105 Å². The fraction of sp³-hybridized carbons (Fsp3) is 0.417. The van der Waals surface area contributed by atoms with Crippen molar-refractivity contribution < 1.29 is 9.66 Å². The SMILES string of the molecule is CCC(C)(N)COc1ccc([N+](=O)[O-])c(C#N)c1. The van der Waals surface area contributed by atoms with E-state index in [0.717, 1.165) is 6.42 Å². The maximum absolute atomic E-state index is 10.6. The summed E-state index contributed by atoms with van der Waals surface area (Å²) in [7, 11) is 0. The zero-order valence-corrected chi connectivity index (χ0v) is 10.3. The lowest BCUT2D eigenvalue weighted by Gasteiger charge is -2.22. The Bertz CT molecular complexity index is 492. The highest BCUT2D eigenvalue weighted by Crippen LogP contribution is 2.23. The summed E-state index contributed by atoms with van der Waals surface area (Å²) in [6.07, 6.45) is 0.741. The van der Waals surface area contributed by atoms with Gasteiger partial charge in [0.1, 0.15) is 24.0 Å². The number of nitrogens with two attached hydrogens (primary N) is 1. The van der Waals surface area contributed by atoms with Crippen molar-refractivity contribution in [1.29, 1.82) is 5.26 Å². The molecule has 0 aliphatic heterocycles. The van der Waals surface area contributed by atoms with Gasteiger partial charge in [0.05, 0.1) is 4.92 Å². The molecule has 1 unspecified atom stereocenters. The highest BCUT2D eigenvalue weighted by Gasteiger charge is 2.18. The van der Waals surface area contributed by atoms with Crippen molar-refractivity contribution in [3.05, 3.63) is 33.9 Å². The van der Waals surface area contributed by atoms with Gasteiger partial charge in [-0.1, -0.05) is 6.92 Å². The topological polar surface area (TPSA) is 102 Å². The van der Waals surface area contributed by atoms with E-state index in [1.807, 2.05) is 13.8 Å². The van der Waals surface area contributed by atoms with Gasteiger partial charge < -0.3 is 10.5 Å². The predicted octanol–water partition coefficient (Wildman–Crippen LogP) is 1.97. The number of nitriles is 1. The van der Waals surface area contributed by atoms with Crippen molar-refractivity contribution in [3.8, 4) is 11.8 Å². The highest BCUT2D eigenvalue weighted by atomic mass is 16.6. The first kappa shape index (κ1) is 13.9. The molecule has 96 valence electrons. The maximum atomic E-state index is 10.6. The molecule has 1 rings (SSSR count). The standard InChI is InChI=1S/C12H15N3O3/c1-3-12(2,14)8-18-10-4-5-11(15(16)17)9(6-10)7-13/h4-6H,3,8,14H2,1-2H3. The number of benzene rings is 1. The molecule has 0 radical (unpaired) electrons. The lowest BCUT2D eigenvalue weighted by atomic mass is 10.0. The van der Waals surface area contributed by atoms with Crippen LogP contribution >= 0.6 is 0 Å². The summed E-state index contributed by atoms with van der Waals surface area (Å²) in [5.41, 5.74) is 5.20. The first-order chi connectivity index (χ1) is 8.39. The van der Waals surface area contributed by atoms with E-state index in [-0.39, 0.29) is 17.9 Å². The van der Waals surface area contributed by atoms with Gasteiger partial charge in [0.25, 0.3) is 5.69 Å². The van der Waals surface area contributed by atoms with Crippen LogP contribution in [0.2, 0.25) is 0 Å². The largest absolute Gasteiger partial charge is 0.492 e. The third kappa shape index (κ3) is 3.43. The fourth-order valence-corrected chi connectivity index (χ4v) is 1.20. The molecule has 1 aromatic carbocycles. The van der Waals surface area contributed by atoms with Gasteiger partial charge >= 0.3 is 0 Å². The van der Waals surface area contributed by atoms with Gasteiger partial charge in [-0.2, -0.15) is 5.26 Å². The van der Waals surface area contributed by atoms with Crippen LogP contribution in [0.15, 0.2) is 18.2 Å².